The maximum atomic E-state index is 12.3. The van der Waals surface area contributed by atoms with E-state index < -0.39 is 5.91 Å². The second-order valence-electron chi connectivity index (χ2n) is 4.99. The highest BCUT2D eigenvalue weighted by molar-refractivity contribution is 6.10. The average molecular weight is 292 g/mol. The van der Waals surface area contributed by atoms with Crippen molar-refractivity contribution in [2.45, 2.75) is 13.8 Å². The summed E-state index contributed by atoms with van der Waals surface area (Å²) in [5, 5.41) is 21.4. The van der Waals surface area contributed by atoms with Gasteiger partial charge in [-0.25, -0.2) is 0 Å². The van der Waals surface area contributed by atoms with E-state index in [-0.39, 0.29) is 11.3 Å². The van der Waals surface area contributed by atoms with Crippen LogP contribution < -0.4 is 5.32 Å². The summed E-state index contributed by atoms with van der Waals surface area (Å²) in [6.45, 7) is 3.79. The Balaban J connectivity index is 2.29. The number of hydrogen-bond acceptors (Lipinski definition) is 3. The van der Waals surface area contributed by atoms with Crippen molar-refractivity contribution >= 4 is 17.7 Å². The summed E-state index contributed by atoms with van der Waals surface area (Å²) in [6.07, 6.45) is 1.45. The Hall–Kier alpha value is -3.06. The van der Waals surface area contributed by atoms with Crippen LogP contribution in [-0.4, -0.2) is 11.0 Å². The average Bonchev–Trinajstić information content (AvgIpc) is 2.48. The fourth-order valence-electron chi connectivity index (χ4n) is 2.12. The summed E-state index contributed by atoms with van der Waals surface area (Å²) in [5.41, 5.74) is 3.15. The van der Waals surface area contributed by atoms with Gasteiger partial charge in [-0.1, -0.05) is 30.3 Å². The van der Waals surface area contributed by atoms with E-state index in [1.165, 1.54) is 18.2 Å². The zero-order valence-electron chi connectivity index (χ0n) is 12.4. The fourth-order valence-corrected chi connectivity index (χ4v) is 2.12. The van der Waals surface area contributed by atoms with Crippen LogP contribution in [0.25, 0.3) is 6.08 Å². The number of aryl methyl sites for hydroxylation is 2. The second kappa shape index (κ2) is 6.59. The van der Waals surface area contributed by atoms with E-state index in [0.717, 1.165) is 11.1 Å². The summed E-state index contributed by atoms with van der Waals surface area (Å²) in [6, 6.07) is 14.0. The van der Waals surface area contributed by atoms with Gasteiger partial charge in [0.1, 0.15) is 17.4 Å². The second-order valence-corrected chi connectivity index (χ2v) is 4.99. The van der Waals surface area contributed by atoms with E-state index >= 15 is 0 Å². The summed E-state index contributed by atoms with van der Waals surface area (Å²) in [5.74, 6) is -0.385. The van der Waals surface area contributed by atoms with Gasteiger partial charge < -0.3 is 10.4 Å². The predicted molar refractivity (Wildman–Crippen MR) is 86.2 cm³/mol. The molecule has 0 bridgehead atoms. The van der Waals surface area contributed by atoms with Gasteiger partial charge >= 0.3 is 0 Å². The molecule has 0 aliphatic carbocycles. The zero-order chi connectivity index (χ0) is 16.1. The van der Waals surface area contributed by atoms with Crippen LogP contribution in [0, 0.1) is 25.2 Å². The molecule has 0 aliphatic heterocycles. The molecule has 2 aromatic carbocycles. The van der Waals surface area contributed by atoms with Crippen LogP contribution in [-0.2, 0) is 4.79 Å². The van der Waals surface area contributed by atoms with Crippen molar-refractivity contribution in [2.75, 3.05) is 5.32 Å². The van der Waals surface area contributed by atoms with Crippen molar-refractivity contribution in [3.8, 4) is 11.8 Å². The molecule has 0 saturated carbocycles. The van der Waals surface area contributed by atoms with Crippen molar-refractivity contribution in [3.05, 3.63) is 64.7 Å². The quantitative estimate of drug-likeness (QED) is 0.671. The van der Waals surface area contributed by atoms with Crippen molar-refractivity contribution in [1.82, 2.24) is 0 Å². The standard InChI is InChI=1S/C18H16N2O2/c1-12-5-3-6-13(2)17(12)20-18(22)15(11-19)9-14-7-4-8-16(21)10-14/h3-10,21H,1-2H3,(H,20,22)/b15-9+. The Morgan fingerprint density at radius 2 is 1.82 bits per heavy atom. The number of benzene rings is 2. The van der Waals surface area contributed by atoms with Crippen LogP contribution in [0.1, 0.15) is 16.7 Å². The van der Waals surface area contributed by atoms with Crippen molar-refractivity contribution in [2.24, 2.45) is 0 Å². The zero-order valence-corrected chi connectivity index (χ0v) is 12.4. The minimum atomic E-state index is -0.469. The lowest BCUT2D eigenvalue weighted by Gasteiger charge is -2.10. The Kier molecular flexibility index (Phi) is 4.60. The number of carbonyl (C=O) groups excluding carboxylic acids is 1. The highest BCUT2D eigenvalue weighted by Gasteiger charge is 2.12. The molecule has 4 nitrogen and oxygen atoms in total. The number of phenols is 1. The molecule has 4 heteroatoms. The first-order chi connectivity index (χ1) is 10.5. The molecule has 0 aliphatic rings. The molecular formula is C18H16N2O2. The highest BCUT2D eigenvalue weighted by atomic mass is 16.3. The number of hydrogen-bond donors (Lipinski definition) is 2. The van der Waals surface area contributed by atoms with Crippen LogP contribution in [0.15, 0.2) is 48.0 Å². The minimum absolute atomic E-state index is 0.0201. The van der Waals surface area contributed by atoms with Crippen LogP contribution in [0.2, 0.25) is 0 Å². The van der Waals surface area contributed by atoms with Crippen molar-refractivity contribution in [1.29, 1.82) is 5.26 Å². The van der Waals surface area contributed by atoms with E-state index in [0.29, 0.717) is 11.3 Å². The number of carbonyl (C=O) groups is 1. The number of phenolic OH excluding ortho intramolecular Hbond substituents is 1. The molecule has 2 rings (SSSR count). The number of amides is 1. The molecule has 0 saturated heterocycles. The molecule has 1 amide bonds. The number of nitriles is 1. The molecule has 2 aromatic rings. The normalized spacial score (nSPS) is 10.9. The van der Waals surface area contributed by atoms with E-state index in [2.05, 4.69) is 5.32 Å². The summed E-state index contributed by atoms with van der Waals surface area (Å²) in [7, 11) is 0. The molecule has 0 aromatic heterocycles. The lowest BCUT2D eigenvalue weighted by molar-refractivity contribution is -0.112. The van der Waals surface area contributed by atoms with Gasteiger partial charge in [-0.05, 0) is 48.7 Å². The van der Waals surface area contributed by atoms with Gasteiger partial charge in [0.2, 0.25) is 0 Å². The minimum Gasteiger partial charge on any atom is -0.508 e. The Bertz CT molecular complexity index is 766. The summed E-state index contributed by atoms with van der Waals surface area (Å²) in [4.78, 5) is 12.3. The smallest absolute Gasteiger partial charge is 0.266 e. The van der Waals surface area contributed by atoms with Crippen LogP contribution in [0.4, 0.5) is 5.69 Å². The molecule has 0 spiro atoms. The van der Waals surface area contributed by atoms with E-state index in [1.807, 2.05) is 38.1 Å². The molecule has 0 unspecified atom stereocenters. The first-order valence-corrected chi connectivity index (χ1v) is 6.79. The third kappa shape index (κ3) is 3.53. The van der Waals surface area contributed by atoms with Gasteiger partial charge in [0.25, 0.3) is 5.91 Å². The third-order valence-electron chi connectivity index (χ3n) is 3.27. The van der Waals surface area contributed by atoms with Crippen molar-refractivity contribution in [3.63, 3.8) is 0 Å². The largest absolute Gasteiger partial charge is 0.508 e. The molecule has 110 valence electrons. The maximum Gasteiger partial charge on any atom is 0.266 e. The number of aromatic hydroxyl groups is 1. The molecule has 0 radical (unpaired) electrons. The lowest BCUT2D eigenvalue weighted by atomic mass is 10.1. The van der Waals surface area contributed by atoms with Crippen molar-refractivity contribution < 1.29 is 9.90 Å². The third-order valence-corrected chi connectivity index (χ3v) is 3.27. The lowest BCUT2D eigenvalue weighted by Crippen LogP contribution is -2.15. The number of anilines is 1. The topological polar surface area (TPSA) is 73.1 Å². The van der Waals surface area contributed by atoms with Crippen LogP contribution in [0.3, 0.4) is 0 Å². The highest BCUT2D eigenvalue weighted by Crippen LogP contribution is 2.21. The molecule has 0 atom stereocenters. The summed E-state index contributed by atoms with van der Waals surface area (Å²) >= 11 is 0. The number of nitrogens with one attached hydrogen (secondary N) is 1. The van der Waals surface area contributed by atoms with Crippen LogP contribution >= 0.6 is 0 Å². The first-order valence-electron chi connectivity index (χ1n) is 6.79. The van der Waals surface area contributed by atoms with Gasteiger partial charge in [0.15, 0.2) is 0 Å². The van der Waals surface area contributed by atoms with E-state index in [1.54, 1.807) is 12.1 Å². The molecule has 0 heterocycles. The molecule has 2 N–H and O–H groups in total. The fraction of sp³-hybridized carbons (Fsp3) is 0.111. The van der Waals surface area contributed by atoms with E-state index in [9.17, 15) is 15.2 Å². The van der Waals surface area contributed by atoms with Gasteiger partial charge in [-0.15, -0.1) is 0 Å². The Labute approximate surface area is 129 Å². The van der Waals surface area contributed by atoms with Crippen LogP contribution in [0.5, 0.6) is 5.75 Å². The van der Waals surface area contributed by atoms with Gasteiger partial charge in [-0.3, -0.25) is 4.79 Å². The SMILES string of the molecule is Cc1cccc(C)c1NC(=O)/C(C#N)=C/c1cccc(O)c1. The number of rotatable bonds is 3. The Morgan fingerprint density at radius 1 is 1.18 bits per heavy atom. The Morgan fingerprint density at radius 3 is 2.41 bits per heavy atom. The number of para-hydroxylation sites is 1. The molecular weight excluding hydrogens is 276 g/mol. The van der Waals surface area contributed by atoms with Gasteiger partial charge in [0.05, 0.1) is 0 Å². The molecule has 0 fully saturated rings. The monoisotopic (exact) mass is 292 g/mol. The predicted octanol–water partition coefficient (Wildman–Crippen LogP) is 3.55. The van der Waals surface area contributed by atoms with E-state index in [4.69, 9.17) is 0 Å². The molecule has 22 heavy (non-hydrogen) atoms. The number of nitrogens with zero attached hydrogens (tertiary/aromatic N) is 1. The summed E-state index contributed by atoms with van der Waals surface area (Å²) < 4.78 is 0. The maximum absolute atomic E-state index is 12.3. The first kappa shape index (κ1) is 15.3. The van der Waals surface area contributed by atoms with Gasteiger partial charge in [-0.2, -0.15) is 5.26 Å². The van der Waals surface area contributed by atoms with Gasteiger partial charge in [0, 0.05) is 5.69 Å².